The zero-order valence-corrected chi connectivity index (χ0v) is 14.3. The topological polar surface area (TPSA) is 84.8 Å². The maximum Gasteiger partial charge on any atom is 0.248 e. The van der Waals surface area contributed by atoms with E-state index in [2.05, 4.69) is 20.3 Å². The molecule has 0 radical (unpaired) electrons. The standard InChI is InChI=1S/C13H18N4O2S2/c1-7-8(2)16-13(21(5,18)19)17-12(7)14-6-11-9(3)15-10(4)20-11/h6H2,1-5H3,(H,14,16,17). The van der Waals surface area contributed by atoms with Gasteiger partial charge in [0.05, 0.1) is 17.2 Å². The molecule has 6 nitrogen and oxygen atoms in total. The molecule has 0 atom stereocenters. The van der Waals surface area contributed by atoms with Gasteiger partial charge in [-0.1, -0.05) is 0 Å². The van der Waals surface area contributed by atoms with E-state index in [4.69, 9.17) is 0 Å². The molecule has 114 valence electrons. The number of anilines is 1. The fourth-order valence-electron chi connectivity index (χ4n) is 1.84. The van der Waals surface area contributed by atoms with Gasteiger partial charge in [0.15, 0.2) is 0 Å². The van der Waals surface area contributed by atoms with E-state index in [1.54, 1.807) is 18.3 Å². The predicted octanol–water partition coefficient (Wildman–Crippen LogP) is 2.18. The molecule has 0 spiro atoms. The van der Waals surface area contributed by atoms with Gasteiger partial charge in [-0.3, -0.25) is 0 Å². The van der Waals surface area contributed by atoms with Gasteiger partial charge in [0.25, 0.3) is 0 Å². The van der Waals surface area contributed by atoms with Crippen LogP contribution in [-0.2, 0) is 16.4 Å². The van der Waals surface area contributed by atoms with E-state index in [1.807, 2.05) is 20.8 Å². The molecule has 21 heavy (non-hydrogen) atoms. The van der Waals surface area contributed by atoms with Crippen LogP contribution in [0.5, 0.6) is 0 Å². The Labute approximate surface area is 128 Å². The maximum absolute atomic E-state index is 11.6. The lowest BCUT2D eigenvalue weighted by Crippen LogP contribution is -2.11. The Morgan fingerprint density at radius 2 is 1.71 bits per heavy atom. The second kappa shape index (κ2) is 5.69. The fraction of sp³-hybridized carbons (Fsp3) is 0.462. The van der Waals surface area contributed by atoms with Crippen molar-refractivity contribution in [2.24, 2.45) is 0 Å². The first-order valence-corrected chi connectivity index (χ1v) is 9.11. The zero-order valence-electron chi connectivity index (χ0n) is 12.7. The van der Waals surface area contributed by atoms with E-state index in [0.29, 0.717) is 18.1 Å². The van der Waals surface area contributed by atoms with Gasteiger partial charge in [-0.25, -0.2) is 23.4 Å². The molecule has 0 fully saturated rings. The Hall–Kier alpha value is -1.54. The number of thiazole rings is 1. The lowest BCUT2D eigenvalue weighted by atomic mass is 10.2. The first kappa shape index (κ1) is 15.8. The number of hydrogen-bond acceptors (Lipinski definition) is 7. The van der Waals surface area contributed by atoms with E-state index in [0.717, 1.165) is 27.4 Å². The Balaban J connectivity index is 2.31. The van der Waals surface area contributed by atoms with Gasteiger partial charge in [-0.05, 0) is 27.7 Å². The van der Waals surface area contributed by atoms with E-state index >= 15 is 0 Å². The maximum atomic E-state index is 11.6. The summed E-state index contributed by atoms with van der Waals surface area (Å²) in [7, 11) is -3.42. The van der Waals surface area contributed by atoms with Crippen molar-refractivity contribution in [3.05, 3.63) is 26.8 Å². The molecule has 2 aromatic rings. The van der Waals surface area contributed by atoms with Crippen molar-refractivity contribution in [3.8, 4) is 0 Å². The average molecular weight is 326 g/mol. The third-order valence-electron chi connectivity index (χ3n) is 3.12. The lowest BCUT2D eigenvalue weighted by Gasteiger charge is -2.11. The van der Waals surface area contributed by atoms with Crippen molar-refractivity contribution in [1.29, 1.82) is 0 Å². The highest BCUT2D eigenvalue weighted by Crippen LogP contribution is 2.21. The summed E-state index contributed by atoms with van der Waals surface area (Å²) < 4.78 is 23.2. The number of sulfone groups is 1. The minimum atomic E-state index is -3.42. The SMILES string of the molecule is Cc1nc(C)c(CNc2nc(S(C)(=O)=O)nc(C)c2C)s1. The molecule has 0 bridgehead atoms. The number of nitrogens with one attached hydrogen (secondary N) is 1. The molecule has 0 aliphatic rings. The molecular weight excluding hydrogens is 308 g/mol. The number of hydrogen-bond donors (Lipinski definition) is 1. The second-order valence-corrected chi connectivity index (χ2v) is 8.13. The van der Waals surface area contributed by atoms with Crippen LogP contribution in [-0.4, -0.2) is 29.6 Å². The number of aryl methyl sites for hydroxylation is 3. The zero-order chi connectivity index (χ0) is 15.8. The van der Waals surface area contributed by atoms with E-state index in [9.17, 15) is 8.42 Å². The summed E-state index contributed by atoms with van der Waals surface area (Å²) in [6, 6.07) is 0. The molecule has 2 heterocycles. The van der Waals surface area contributed by atoms with E-state index in [1.165, 1.54) is 0 Å². The molecule has 0 unspecified atom stereocenters. The van der Waals surface area contributed by atoms with Crippen molar-refractivity contribution in [2.45, 2.75) is 39.4 Å². The van der Waals surface area contributed by atoms with Crippen molar-refractivity contribution in [2.75, 3.05) is 11.6 Å². The van der Waals surface area contributed by atoms with Crippen molar-refractivity contribution < 1.29 is 8.42 Å². The Bertz CT molecular complexity index is 782. The van der Waals surface area contributed by atoms with Gasteiger partial charge in [0, 0.05) is 22.4 Å². The van der Waals surface area contributed by atoms with Gasteiger partial charge in [-0.15, -0.1) is 11.3 Å². The normalized spacial score (nSPS) is 11.7. The number of aromatic nitrogens is 3. The molecule has 8 heteroatoms. The van der Waals surface area contributed by atoms with Gasteiger partial charge < -0.3 is 5.32 Å². The lowest BCUT2D eigenvalue weighted by molar-refractivity contribution is 0.592. The first-order chi connectivity index (χ1) is 9.68. The quantitative estimate of drug-likeness (QED) is 0.867. The average Bonchev–Trinajstić information content (AvgIpc) is 2.68. The van der Waals surface area contributed by atoms with Crippen molar-refractivity contribution in [3.63, 3.8) is 0 Å². The highest BCUT2D eigenvalue weighted by molar-refractivity contribution is 7.90. The Kier molecular flexibility index (Phi) is 4.29. The van der Waals surface area contributed by atoms with Crippen LogP contribution in [0.15, 0.2) is 5.16 Å². The summed E-state index contributed by atoms with van der Waals surface area (Å²) in [5.74, 6) is 0.549. The first-order valence-electron chi connectivity index (χ1n) is 6.40. The Morgan fingerprint density at radius 3 is 2.24 bits per heavy atom. The van der Waals surface area contributed by atoms with Gasteiger partial charge >= 0.3 is 0 Å². The van der Waals surface area contributed by atoms with Crippen molar-refractivity contribution >= 4 is 27.0 Å². The van der Waals surface area contributed by atoms with Crippen LogP contribution in [0.1, 0.15) is 26.8 Å². The summed E-state index contributed by atoms with van der Waals surface area (Å²) in [5, 5.41) is 4.05. The smallest absolute Gasteiger partial charge is 0.248 e. The highest BCUT2D eigenvalue weighted by atomic mass is 32.2. The van der Waals surface area contributed by atoms with Crippen LogP contribution in [0.3, 0.4) is 0 Å². The summed E-state index contributed by atoms with van der Waals surface area (Å²) in [5.41, 5.74) is 2.49. The minimum absolute atomic E-state index is 0.148. The second-order valence-electron chi connectivity index (χ2n) is 4.93. The molecule has 0 saturated heterocycles. The van der Waals surface area contributed by atoms with Crippen LogP contribution >= 0.6 is 11.3 Å². The molecule has 0 aliphatic carbocycles. The molecule has 0 aromatic carbocycles. The molecule has 2 aromatic heterocycles. The van der Waals surface area contributed by atoms with Crippen LogP contribution in [0.4, 0.5) is 5.82 Å². The van der Waals surface area contributed by atoms with Crippen LogP contribution in [0, 0.1) is 27.7 Å². The minimum Gasteiger partial charge on any atom is -0.365 e. The summed E-state index contributed by atoms with van der Waals surface area (Å²) in [4.78, 5) is 13.6. The molecule has 0 aliphatic heterocycles. The number of nitrogens with zero attached hydrogens (tertiary/aromatic N) is 3. The van der Waals surface area contributed by atoms with Crippen molar-refractivity contribution in [1.82, 2.24) is 15.0 Å². The molecule has 0 saturated carbocycles. The highest BCUT2D eigenvalue weighted by Gasteiger charge is 2.16. The fourth-order valence-corrected chi connectivity index (χ4v) is 3.28. The molecule has 0 amide bonds. The predicted molar refractivity (Wildman–Crippen MR) is 83.5 cm³/mol. The summed E-state index contributed by atoms with van der Waals surface area (Å²) >= 11 is 1.62. The summed E-state index contributed by atoms with van der Waals surface area (Å²) in [6.07, 6.45) is 1.11. The van der Waals surface area contributed by atoms with Crippen LogP contribution in [0.25, 0.3) is 0 Å². The van der Waals surface area contributed by atoms with Gasteiger partial charge in [0.2, 0.25) is 15.0 Å². The summed E-state index contributed by atoms with van der Waals surface area (Å²) in [6.45, 7) is 8.13. The third-order valence-corrected chi connectivity index (χ3v) is 5.04. The molecule has 1 N–H and O–H groups in total. The molecule has 2 rings (SSSR count). The van der Waals surface area contributed by atoms with E-state index < -0.39 is 9.84 Å². The van der Waals surface area contributed by atoms with Gasteiger partial charge in [-0.2, -0.15) is 0 Å². The monoisotopic (exact) mass is 326 g/mol. The number of rotatable bonds is 4. The van der Waals surface area contributed by atoms with E-state index in [-0.39, 0.29) is 5.16 Å². The Morgan fingerprint density at radius 1 is 1.05 bits per heavy atom. The largest absolute Gasteiger partial charge is 0.365 e. The van der Waals surface area contributed by atoms with Crippen LogP contribution in [0.2, 0.25) is 0 Å². The third kappa shape index (κ3) is 3.56. The van der Waals surface area contributed by atoms with Gasteiger partial charge in [0.1, 0.15) is 5.82 Å². The van der Waals surface area contributed by atoms with Crippen LogP contribution < -0.4 is 5.32 Å². The molecular formula is C13H18N4O2S2.